The normalized spacial score (nSPS) is 10.8. The van der Waals surface area contributed by atoms with Crippen molar-refractivity contribution in [2.45, 2.75) is 19.9 Å². The van der Waals surface area contributed by atoms with E-state index in [1.165, 1.54) is 11.1 Å². The molecule has 28 heavy (non-hydrogen) atoms. The number of aromatic amines is 1. The minimum atomic E-state index is -0.0855. The number of fused-ring (bicyclic) bond motifs is 1. The quantitative estimate of drug-likeness (QED) is 0.462. The molecule has 1 amide bonds. The first-order chi connectivity index (χ1) is 13.7. The SMILES string of the molecule is Cc1ccc(CNc2ccc(NC(=O)Cc3c[nH]c4ccccc34)nc2)cc1. The Labute approximate surface area is 163 Å². The zero-order valence-corrected chi connectivity index (χ0v) is 15.7. The number of H-pyrrole nitrogens is 1. The summed E-state index contributed by atoms with van der Waals surface area (Å²) in [6, 6.07) is 20.1. The van der Waals surface area contributed by atoms with Gasteiger partial charge in [-0.1, -0.05) is 48.0 Å². The molecule has 0 bridgehead atoms. The monoisotopic (exact) mass is 370 g/mol. The van der Waals surface area contributed by atoms with E-state index in [-0.39, 0.29) is 5.91 Å². The number of nitrogens with zero attached hydrogens (tertiary/aromatic N) is 1. The van der Waals surface area contributed by atoms with Gasteiger partial charge in [0.15, 0.2) is 0 Å². The molecule has 2 aromatic heterocycles. The van der Waals surface area contributed by atoms with Crippen molar-refractivity contribution in [2.24, 2.45) is 0 Å². The van der Waals surface area contributed by atoms with Crippen molar-refractivity contribution in [3.63, 3.8) is 0 Å². The average molecular weight is 370 g/mol. The number of anilines is 2. The lowest BCUT2D eigenvalue weighted by molar-refractivity contribution is -0.115. The van der Waals surface area contributed by atoms with Gasteiger partial charge in [0.2, 0.25) is 5.91 Å². The second-order valence-electron chi connectivity index (χ2n) is 6.86. The van der Waals surface area contributed by atoms with Crippen molar-refractivity contribution >= 4 is 28.3 Å². The van der Waals surface area contributed by atoms with Crippen LogP contribution in [-0.2, 0) is 17.8 Å². The molecule has 0 unspecified atom stereocenters. The fraction of sp³-hybridized carbons (Fsp3) is 0.130. The Morgan fingerprint density at radius 2 is 1.86 bits per heavy atom. The smallest absolute Gasteiger partial charge is 0.230 e. The second-order valence-corrected chi connectivity index (χ2v) is 6.86. The van der Waals surface area contributed by atoms with Crippen LogP contribution >= 0.6 is 0 Å². The van der Waals surface area contributed by atoms with E-state index in [2.05, 4.69) is 51.8 Å². The molecule has 4 rings (SSSR count). The summed E-state index contributed by atoms with van der Waals surface area (Å²) in [5.41, 5.74) is 5.38. The maximum absolute atomic E-state index is 12.4. The predicted octanol–water partition coefficient (Wildman–Crippen LogP) is 4.66. The van der Waals surface area contributed by atoms with Crippen LogP contribution in [0.1, 0.15) is 16.7 Å². The Bertz CT molecular complexity index is 1080. The van der Waals surface area contributed by atoms with Crippen LogP contribution in [0.5, 0.6) is 0 Å². The maximum atomic E-state index is 12.4. The summed E-state index contributed by atoms with van der Waals surface area (Å²) < 4.78 is 0. The number of nitrogens with one attached hydrogen (secondary N) is 3. The predicted molar refractivity (Wildman–Crippen MR) is 113 cm³/mol. The fourth-order valence-electron chi connectivity index (χ4n) is 3.12. The van der Waals surface area contributed by atoms with E-state index in [0.29, 0.717) is 12.2 Å². The van der Waals surface area contributed by atoms with Gasteiger partial charge in [-0.3, -0.25) is 4.79 Å². The van der Waals surface area contributed by atoms with Crippen LogP contribution in [0.2, 0.25) is 0 Å². The maximum Gasteiger partial charge on any atom is 0.230 e. The first kappa shape index (κ1) is 17.8. The number of pyridine rings is 1. The molecular formula is C23H22N4O. The number of rotatable bonds is 6. The summed E-state index contributed by atoms with van der Waals surface area (Å²) in [5, 5.41) is 7.27. The Morgan fingerprint density at radius 1 is 1.04 bits per heavy atom. The van der Waals surface area contributed by atoms with Gasteiger partial charge in [-0.05, 0) is 36.2 Å². The summed E-state index contributed by atoms with van der Waals surface area (Å²) in [4.78, 5) is 19.9. The van der Waals surface area contributed by atoms with Crippen LogP contribution in [0.15, 0.2) is 73.1 Å². The number of benzene rings is 2. The number of para-hydroxylation sites is 1. The van der Waals surface area contributed by atoms with Crippen LogP contribution < -0.4 is 10.6 Å². The molecule has 0 fully saturated rings. The molecule has 140 valence electrons. The summed E-state index contributed by atoms with van der Waals surface area (Å²) >= 11 is 0. The number of aromatic nitrogens is 2. The highest BCUT2D eigenvalue weighted by molar-refractivity contribution is 5.95. The Hall–Kier alpha value is -3.60. The van der Waals surface area contributed by atoms with Gasteiger partial charge in [0.1, 0.15) is 5.82 Å². The van der Waals surface area contributed by atoms with Gasteiger partial charge in [0.25, 0.3) is 0 Å². The molecule has 0 aliphatic carbocycles. The molecule has 0 radical (unpaired) electrons. The largest absolute Gasteiger partial charge is 0.380 e. The van der Waals surface area contributed by atoms with Gasteiger partial charge in [0, 0.05) is 23.6 Å². The zero-order chi connectivity index (χ0) is 19.3. The third-order valence-electron chi connectivity index (χ3n) is 4.67. The summed E-state index contributed by atoms with van der Waals surface area (Å²) in [6.07, 6.45) is 3.92. The summed E-state index contributed by atoms with van der Waals surface area (Å²) in [6.45, 7) is 2.81. The van der Waals surface area contributed by atoms with Crippen molar-refractivity contribution in [3.05, 3.63) is 89.7 Å². The van der Waals surface area contributed by atoms with Gasteiger partial charge in [-0.2, -0.15) is 0 Å². The molecular weight excluding hydrogens is 348 g/mol. The molecule has 3 N–H and O–H groups in total. The lowest BCUT2D eigenvalue weighted by Crippen LogP contribution is -2.15. The van der Waals surface area contributed by atoms with E-state index in [9.17, 15) is 4.79 Å². The summed E-state index contributed by atoms with van der Waals surface area (Å²) in [5.74, 6) is 0.461. The van der Waals surface area contributed by atoms with Crippen LogP contribution in [0.4, 0.5) is 11.5 Å². The molecule has 2 heterocycles. The van der Waals surface area contributed by atoms with Crippen molar-refractivity contribution in [1.82, 2.24) is 9.97 Å². The Morgan fingerprint density at radius 3 is 2.64 bits per heavy atom. The molecule has 0 aliphatic heterocycles. The highest BCUT2D eigenvalue weighted by atomic mass is 16.1. The topological polar surface area (TPSA) is 69.8 Å². The third-order valence-corrected chi connectivity index (χ3v) is 4.67. The minimum Gasteiger partial charge on any atom is -0.380 e. The van der Waals surface area contributed by atoms with E-state index in [4.69, 9.17) is 0 Å². The number of amides is 1. The zero-order valence-electron chi connectivity index (χ0n) is 15.7. The highest BCUT2D eigenvalue weighted by Crippen LogP contribution is 2.19. The molecule has 0 atom stereocenters. The lowest BCUT2D eigenvalue weighted by atomic mass is 10.1. The standard InChI is InChI=1S/C23H22N4O/c1-16-6-8-17(9-7-16)13-24-19-10-11-22(26-15-19)27-23(28)12-18-14-25-21-5-3-2-4-20(18)21/h2-11,14-15,24-25H,12-13H2,1H3,(H,26,27,28). The van der Waals surface area contributed by atoms with Crippen LogP contribution in [0, 0.1) is 6.92 Å². The van der Waals surface area contributed by atoms with E-state index in [0.717, 1.165) is 28.7 Å². The molecule has 4 aromatic rings. The van der Waals surface area contributed by atoms with Gasteiger partial charge < -0.3 is 15.6 Å². The highest BCUT2D eigenvalue weighted by Gasteiger charge is 2.09. The van der Waals surface area contributed by atoms with E-state index < -0.39 is 0 Å². The molecule has 0 spiro atoms. The number of hydrogen-bond acceptors (Lipinski definition) is 3. The molecule has 5 heteroatoms. The van der Waals surface area contributed by atoms with E-state index in [1.54, 1.807) is 6.20 Å². The van der Waals surface area contributed by atoms with E-state index in [1.807, 2.05) is 42.6 Å². The lowest BCUT2D eigenvalue weighted by Gasteiger charge is -2.08. The van der Waals surface area contributed by atoms with Crippen molar-refractivity contribution in [2.75, 3.05) is 10.6 Å². The van der Waals surface area contributed by atoms with Crippen molar-refractivity contribution < 1.29 is 4.79 Å². The number of aryl methyl sites for hydroxylation is 1. The first-order valence-corrected chi connectivity index (χ1v) is 9.28. The fourth-order valence-corrected chi connectivity index (χ4v) is 3.12. The minimum absolute atomic E-state index is 0.0855. The third kappa shape index (κ3) is 4.20. The molecule has 0 saturated carbocycles. The summed E-state index contributed by atoms with van der Waals surface area (Å²) in [7, 11) is 0. The first-order valence-electron chi connectivity index (χ1n) is 9.28. The number of carbonyl (C=O) groups is 1. The molecule has 5 nitrogen and oxygen atoms in total. The number of hydrogen-bond donors (Lipinski definition) is 3. The average Bonchev–Trinajstić information content (AvgIpc) is 3.11. The van der Waals surface area contributed by atoms with E-state index >= 15 is 0 Å². The van der Waals surface area contributed by atoms with Crippen LogP contribution in [-0.4, -0.2) is 15.9 Å². The molecule has 0 aliphatic rings. The van der Waals surface area contributed by atoms with Crippen molar-refractivity contribution in [1.29, 1.82) is 0 Å². The Kier molecular flexibility index (Phi) is 5.06. The second kappa shape index (κ2) is 7.96. The van der Waals surface area contributed by atoms with Gasteiger partial charge in [-0.25, -0.2) is 4.98 Å². The van der Waals surface area contributed by atoms with Gasteiger partial charge in [0.05, 0.1) is 18.3 Å². The van der Waals surface area contributed by atoms with Crippen LogP contribution in [0.3, 0.4) is 0 Å². The van der Waals surface area contributed by atoms with Gasteiger partial charge >= 0.3 is 0 Å². The van der Waals surface area contributed by atoms with Gasteiger partial charge in [-0.15, -0.1) is 0 Å². The Balaban J connectivity index is 1.33. The molecule has 0 saturated heterocycles. The van der Waals surface area contributed by atoms with Crippen LogP contribution in [0.25, 0.3) is 10.9 Å². The van der Waals surface area contributed by atoms with Crippen molar-refractivity contribution in [3.8, 4) is 0 Å². The molecule has 2 aromatic carbocycles. The number of carbonyl (C=O) groups excluding carboxylic acids is 1.